The molecule has 0 amide bonds. The number of Topliss-reactive ketones (excluding diaryl/α,β-unsaturated/α-hetero) is 1. The van der Waals surface area contributed by atoms with Crippen LogP contribution in [0.1, 0.15) is 16.2 Å². The van der Waals surface area contributed by atoms with E-state index in [4.69, 9.17) is 0 Å². The number of ether oxygens (including phenoxy) is 1. The molecule has 2 rings (SSSR count). The lowest BCUT2D eigenvalue weighted by molar-refractivity contribution is -0.159. The molecule has 0 unspecified atom stereocenters. The maximum Gasteiger partial charge on any atom is 0.471 e. The predicted octanol–water partition coefficient (Wildman–Crippen LogP) is 2.72. The van der Waals surface area contributed by atoms with Crippen molar-refractivity contribution in [2.24, 2.45) is 0 Å². The van der Waals surface area contributed by atoms with Crippen LogP contribution in [0.2, 0.25) is 0 Å². The van der Waals surface area contributed by atoms with Gasteiger partial charge in [-0.1, -0.05) is 11.2 Å². The minimum absolute atomic E-state index is 0.0256. The molecule has 0 fully saturated rings. The van der Waals surface area contributed by atoms with Crippen LogP contribution in [-0.4, -0.2) is 29.6 Å². The van der Waals surface area contributed by atoms with E-state index < -0.39 is 29.5 Å². The lowest BCUT2D eigenvalue weighted by atomic mass is 10.1. The summed E-state index contributed by atoms with van der Waals surface area (Å²) in [5, 5.41) is 3.07. The average Bonchev–Trinajstić information content (AvgIpc) is 2.88. The molecule has 21 heavy (non-hydrogen) atoms. The highest BCUT2D eigenvalue weighted by atomic mass is 19.4. The van der Waals surface area contributed by atoms with Gasteiger partial charge in [0.2, 0.25) is 5.82 Å². The van der Waals surface area contributed by atoms with Gasteiger partial charge in [-0.15, -0.1) is 0 Å². The Hall–Kier alpha value is -2.29. The number of rotatable bonds is 4. The Labute approximate surface area is 115 Å². The van der Waals surface area contributed by atoms with Gasteiger partial charge in [-0.2, -0.15) is 18.2 Å². The largest absolute Gasteiger partial charge is 0.471 e. The second-order valence-corrected chi connectivity index (χ2v) is 3.97. The van der Waals surface area contributed by atoms with Crippen molar-refractivity contribution in [3.05, 3.63) is 35.5 Å². The van der Waals surface area contributed by atoms with Crippen LogP contribution < -0.4 is 0 Å². The number of hydrogen-bond donors (Lipinski definition) is 0. The predicted molar refractivity (Wildman–Crippen MR) is 60.9 cm³/mol. The molecular formula is C12H8F4N2O3. The number of halogens is 4. The van der Waals surface area contributed by atoms with E-state index in [1.165, 1.54) is 13.2 Å². The van der Waals surface area contributed by atoms with Crippen LogP contribution in [-0.2, 0) is 10.9 Å². The van der Waals surface area contributed by atoms with Crippen molar-refractivity contribution < 1.29 is 31.6 Å². The monoisotopic (exact) mass is 304 g/mol. The van der Waals surface area contributed by atoms with Gasteiger partial charge in [-0.25, -0.2) is 4.39 Å². The number of nitrogens with zero attached hydrogens (tertiary/aromatic N) is 2. The summed E-state index contributed by atoms with van der Waals surface area (Å²) in [4.78, 5) is 14.6. The summed E-state index contributed by atoms with van der Waals surface area (Å²) in [6, 6.07) is 3.22. The van der Waals surface area contributed by atoms with Crippen LogP contribution >= 0.6 is 0 Å². The highest BCUT2D eigenvalue weighted by molar-refractivity contribution is 5.97. The number of aromatic nitrogens is 2. The van der Waals surface area contributed by atoms with Gasteiger partial charge in [0.1, 0.15) is 12.4 Å². The van der Waals surface area contributed by atoms with Crippen molar-refractivity contribution in [1.82, 2.24) is 10.1 Å². The van der Waals surface area contributed by atoms with Gasteiger partial charge < -0.3 is 9.26 Å². The maximum atomic E-state index is 13.8. The highest BCUT2D eigenvalue weighted by Crippen LogP contribution is 2.30. The van der Waals surface area contributed by atoms with Gasteiger partial charge in [-0.3, -0.25) is 4.79 Å². The minimum Gasteiger partial charge on any atom is -0.377 e. The molecule has 1 heterocycles. The number of alkyl halides is 3. The molecule has 0 radical (unpaired) electrons. The van der Waals surface area contributed by atoms with Crippen molar-refractivity contribution in [1.29, 1.82) is 0 Å². The van der Waals surface area contributed by atoms with E-state index in [1.807, 2.05) is 0 Å². The van der Waals surface area contributed by atoms with E-state index in [1.54, 1.807) is 0 Å². The number of ketones is 1. The van der Waals surface area contributed by atoms with Crippen LogP contribution in [0.4, 0.5) is 17.6 Å². The first kappa shape index (κ1) is 15.1. The molecule has 5 nitrogen and oxygen atoms in total. The quantitative estimate of drug-likeness (QED) is 0.642. The van der Waals surface area contributed by atoms with Crippen molar-refractivity contribution in [2.75, 3.05) is 13.7 Å². The molecule has 0 saturated heterocycles. The molecule has 9 heteroatoms. The van der Waals surface area contributed by atoms with E-state index in [0.717, 1.165) is 12.1 Å². The van der Waals surface area contributed by atoms with E-state index in [2.05, 4.69) is 19.4 Å². The molecule has 0 spiro atoms. The summed E-state index contributed by atoms with van der Waals surface area (Å²) in [6.07, 6.45) is -4.81. The Morgan fingerprint density at radius 3 is 2.62 bits per heavy atom. The van der Waals surface area contributed by atoms with Crippen LogP contribution in [0, 0.1) is 5.82 Å². The third-order valence-electron chi connectivity index (χ3n) is 2.48. The molecule has 112 valence electrons. The van der Waals surface area contributed by atoms with E-state index in [0.29, 0.717) is 0 Å². The Morgan fingerprint density at radius 2 is 2.10 bits per heavy atom. The van der Waals surface area contributed by atoms with Gasteiger partial charge >= 0.3 is 12.1 Å². The molecular weight excluding hydrogens is 296 g/mol. The normalized spacial score (nSPS) is 11.7. The Kier molecular flexibility index (Phi) is 4.03. The first-order chi connectivity index (χ1) is 9.82. The van der Waals surface area contributed by atoms with Gasteiger partial charge in [0.15, 0.2) is 5.78 Å². The van der Waals surface area contributed by atoms with Crippen LogP contribution in [0.25, 0.3) is 11.4 Å². The zero-order chi connectivity index (χ0) is 15.6. The molecule has 0 N–H and O–H groups in total. The van der Waals surface area contributed by atoms with Crippen molar-refractivity contribution >= 4 is 5.78 Å². The van der Waals surface area contributed by atoms with Crippen molar-refractivity contribution in [3.8, 4) is 11.4 Å². The fraction of sp³-hybridized carbons (Fsp3) is 0.250. The molecule has 0 saturated carbocycles. The molecule has 2 aromatic rings. The lowest BCUT2D eigenvalue weighted by Crippen LogP contribution is -2.07. The zero-order valence-corrected chi connectivity index (χ0v) is 10.6. The SMILES string of the molecule is COCC(=O)c1ccc(-c2noc(C(F)(F)F)n2)c(F)c1. The minimum atomic E-state index is -4.81. The van der Waals surface area contributed by atoms with E-state index in [-0.39, 0.29) is 17.7 Å². The van der Waals surface area contributed by atoms with Gasteiger partial charge in [0.25, 0.3) is 0 Å². The maximum absolute atomic E-state index is 13.8. The summed E-state index contributed by atoms with van der Waals surface area (Å²) >= 11 is 0. The van der Waals surface area contributed by atoms with Crippen molar-refractivity contribution in [3.63, 3.8) is 0 Å². The topological polar surface area (TPSA) is 65.2 Å². The van der Waals surface area contributed by atoms with Crippen LogP contribution in [0.5, 0.6) is 0 Å². The third kappa shape index (κ3) is 3.24. The number of carbonyl (C=O) groups excluding carboxylic acids is 1. The first-order valence-electron chi connectivity index (χ1n) is 5.56. The second-order valence-electron chi connectivity index (χ2n) is 3.97. The summed E-state index contributed by atoms with van der Waals surface area (Å²) in [5.41, 5.74) is -0.277. The standard InChI is InChI=1S/C12H8F4N2O3/c1-20-5-9(19)6-2-3-7(8(13)4-6)10-17-11(21-18-10)12(14,15)16/h2-4H,5H2,1H3. The van der Waals surface area contributed by atoms with Gasteiger partial charge in [-0.05, 0) is 12.1 Å². The van der Waals surface area contributed by atoms with Crippen LogP contribution in [0.15, 0.2) is 22.7 Å². The molecule has 1 aromatic carbocycles. The summed E-state index contributed by atoms with van der Waals surface area (Å²) in [6.45, 7) is -0.237. The van der Waals surface area contributed by atoms with Crippen LogP contribution in [0.3, 0.4) is 0 Å². The third-order valence-corrected chi connectivity index (χ3v) is 2.48. The number of benzene rings is 1. The Morgan fingerprint density at radius 1 is 1.38 bits per heavy atom. The van der Waals surface area contributed by atoms with Gasteiger partial charge in [0.05, 0.1) is 5.56 Å². The summed E-state index contributed by atoms with van der Waals surface area (Å²) < 4.78 is 59.4. The lowest BCUT2D eigenvalue weighted by Gasteiger charge is -2.02. The molecule has 0 bridgehead atoms. The fourth-order valence-corrected chi connectivity index (χ4v) is 1.53. The number of methoxy groups -OCH3 is 1. The summed E-state index contributed by atoms with van der Waals surface area (Å²) in [7, 11) is 1.31. The number of carbonyl (C=O) groups is 1. The fourth-order valence-electron chi connectivity index (χ4n) is 1.53. The van der Waals surface area contributed by atoms with Crippen molar-refractivity contribution in [2.45, 2.75) is 6.18 Å². The summed E-state index contributed by atoms with van der Waals surface area (Å²) in [5.74, 6) is -3.53. The Balaban J connectivity index is 2.33. The smallest absolute Gasteiger partial charge is 0.377 e. The van der Waals surface area contributed by atoms with E-state index >= 15 is 0 Å². The van der Waals surface area contributed by atoms with E-state index in [9.17, 15) is 22.4 Å². The number of hydrogen-bond acceptors (Lipinski definition) is 5. The highest BCUT2D eigenvalue weighted by Gasteiger charge is 2.38. The zero-order valence-electron chi connectivity index (χ0n) is 10.6. The van der Waals surface area contributed by atoms with Gasteiger partial charge in [0, 0.05) is 12.7 Å². The Bertz CT molecular complexity index is 667. The first-order valence-corrected chi connectivity index (χ1v) is 5.56. The molecule has 0 aliphatic heterocycles. The average molecular weight is 304 g/mol. The molecule has 0 aliphatic carbocycles. The molecule has 1 aromatic heterocycles. The second kappa shape index (κ2) is 5.60. The molecule has 0 aliphatic rings. The molecule has 0 atom stereocenters.